The molecule has 0 aromatic carbocycles. The van der Waals surface area contributed by atoms with Crippen LogP contribution in [0.3, 0.4) is 0 Å². The molecule has 6 heteroatoms. The van der Waals surface area contributed by atoms with Gasteiger partial charge in [0.2, 0.25) is 0 Å². The number of aliphatic hydroxyl groups is 1. The molecule has 1 atom stereocenters. The number of rotatable bonds is 3. The maximum atomic E-state index is 11.4. The molecular formula is C7H9ClN2O2S. The van der Waals surface area contributed by atoms with Gasteiger partial charge in [-0.1, -0.05) is 11.6 Å². The fourth-order valence-electron chi connectivity index (χ4n) is 0.715. The molecule has 1 heterocycles. The Balaban J connectivity index is 2.64. The lowest BCUT2D eigenvalue weighted by atomic mass is 10.3. The van der Waals surface area contributed by atoms with Crippen LogP contribution in [0.2, 0.25) is 5.15 Å². The second-order valence-corrected chi connectivity index (χ2v) is 3.74. The third-order valence-corrected chi connectivity index (χ3v) is 2.61. The van der Waals surface area contributed by atoms with Crippen molar-refractivity contribution in [3.63, 3.8) is 0 Å². The normalized spacial score (nSPS) is 12.5. The summed E-state index contributed by atoms with van der Waals surface area (Å²) < 4.78 is 0. The average molecular weight is 221 g/mol. The van der Waals surface area contributed by atoms with Crippen LogP contribution in [0.5, 0.6) is 0 Å². The third-order valence-electron chi connectivity index (χ3n) is 1.38. The van der Waals surface area contributed by atoms with E-state index in [1.54, 1.807) is 6.92 Å². The molecule has 1 aromatic heterocycles. The van der Waals surface area contributed by atoms with E-state index in [1.807, 2.05) is 0 Å². The molecule has 2 N–H and O–H groups in total. The molecule has 0 spiro atoms. The van der Waals surface area contributed by atoms with E-state index in [4.69, 9.17) is 16.7 Å². The van der Waals surface area contributed by atoms with Gasteiger partial charge < -0.3 is 10.4 Å². The number of nitrogens with zero attached hydrogens (tertiary/aromatic N) is 1. The molecule has 0 radical (unpaired) electrons. The van der Waals surface area contributed by atoms with Crippen LogP contribution < -0.4 is 5.32 Å². The minimum Gasteiger partial charge on any atom is -0.394 e. The maximum absolute atomic E-state index is 11.4. The molecule has 0 aliphatic heterocycles. The molecule has 0 fully saturated rings. The van der Waals surface area contributed by atoms with Crippen molar-refractivity contribution >= 4 is 28.8 Å². The van der Waals surface area contributed by atoms with E-state index in [0.29, 0.717) is 4.88 Å². The summed E-state index contributed by atoms with van der Waals surface area (Å²) in [5, 5.41) is 11.5. The Bertz CT molecular complexity index is 302. The lowest BCUT2D eigenvalue weighted by Crippen LogP contribution is -2.34. The molecule has 0 saturated heterocycles. The smallest absolute Gasteiger partial charge is 0.264 e. The van der Waals surface area contributed by atoms with Crippen LogP contribution in [-0.4, -0.2) is 28.6 Å². The fraction of sp³-hybridized carbons (Fsp3) is 0.429. The van der Waals surface area contributed by atoms with E-state index in [9.17, 15) is 4.79 Å². The van der Waals surface area contributed by atoms with E-state index in [-0.39, 0.29) is 23.7 Å². The van der Waals surface area contributed by atoms with Gasteiger partial charge in [-0.05, 0) is 6.92 Å². The number of halogens is 1. The molecule has 13 heavy (non-hydrogen) atoms. The first-order valence-electron chi connectivity index (χ1n) is 3.66. The van der Waals surface area contributed by atoms with Crippen molar-refractivity contribution in [3.8, 4) is 0 Å². The maximum Gasteiger partial charge on any atom is 0.264 e. The van der Waals surface area contributed by atoms with Gasteiger partial charge >= 0.3 is 0 Å². The van der Waals surface area contributed by atoms with Crippen molar-refractivity contribution in [3.05, 3.63) is 15.5 Å². The molecule has 72 valence electrons. The van der Waals surface area contributed by atoms with Crippen molar-refractivity contribution in [1.82, 2.24) is 10.3 Å². The first kappa shape index (κ1) is 10.4. The highest BCUT2D eigenvalue weighted by atomic mass is 35.5. The zero-order valence-electron chi connectivity index (χ0n) is 6.95. The van der Waals surface area contributed by atoms with Crippen LogP contribution in [0.15, 0.2) is 5.51 Å². The Morgan fingerprint density at radius 3 is 3.08 bits per heavy atom. The van der Waals surface area contributed by atoms with E-state index in [2.05, 4.69) is 10.3 Å². The molecule has 0 aliphatic carbocycles. The highest BCUT2D eigenvalue weighted by Gasteiger charge is 2.14. The number of nitrogens with one attached hydrogen (secondary N) is 1. The number of carbonyl (C=O) groups excluding carboxylic acids is 1. The topological polar surface area (TPSA) is 62.2 Å². The van der Waals surface area contributed by atoms with Gasteiger partial charge in [-0.15, -0.1) is 11.3 Å². The van der Waals surface area contributed by atoms with Gasteiger partial charge in [0.25, 0.3) is 5.91 Å². The molecule has 0 saturated carbocycles. The summed E-state index contributed by atoms with van der Waals surface area (Å²) in [7, 11) is 0. The zero-order chi connectivity index (χ0) is 9.84. The van der Waals surface area contributed by atoms with Crippen molar-refractivity contribution < 1.29 is 9.90 Å². The average Bonchev–Trinajstić information content (AvgIpc) is 2.51. The highest BCUT2D eigenvalue weighted by Crippen LogP contribution is 2.17. The number of carbonyl (C=O) groups is 1. The predicted molar refractivity (Wildman–Crippen MR) is 51.1 cm³/mol. The van der Waals surface area contributed by atoms with Crippen molar-refractivity contribution in [2.75, 3.05) is 6.61 Å². The van der Waals surface area contributed by atoms with Crippen LogP contribution in [0, 0.1) is 0 Å². The molecule has 1 unspecified atom stereocenters. The largest absolute Gasteiger partial charge is 0.394 e. The van der Waals surface area contributed by atoms with Crippen molar-refractivity contribution in [2.45, 2.75) is 13.0 Å². The summed E-state index contributed by atoms with van der Waals surface area (Å²) in [5.41, 5.74) is 1.50. The summed E-state index contributed by atoms with van der Waals surface area (Å²) in [4.78, 5) is 15.5. The van der Waals surface area contributed by atoms with Crippen molar-refractivity contribution in [1.29, 1.82) is 0 Å². The molecule has 1 amide bonds. The first-order chi connectivity index (χ1) is 6.15. The van der Waals surface area contributed by atoms with Gasteiger partial charge in [0.05, 0.1) is 12.1 Å². The van der Waals surface area contributed by atoms with E-state index in [1.165, 1.54) is 16.8 Å². The molecule has 1 rings (SSSR count). The number of amides is 1. The van der Waals surface area contributed by atoms with Gasteiger partial charge in [0, 0.05) is 6.04 Å². The Hall–Kier alpha value is -0.650. The van der Waals surface area contributed by atoms with Crippen LogP contribution in [0.4, 0.5) is 0 Å². The Labute approximate surface area is 84.6 Å². The number of hydrogen-bond donors (Lipinski definition) is 2. The van der Waals surface area contributed by atoms with Crippen LogP contribution in [-0.2, 0) is 0 Å². The lowest BCUT2D eigenvalue weighted by molar-refractivity contribution is 0.0926. The summed E-state index contributed by atoms with van der Waals surface area (Å²) >= 11 is 6.81. The molecule has 0 aliphatic rings. The second-order valence-electron chi connectivity index (χ2n) is 2.53. The number of aliphatic hydroxyl groups excluding tert-OH is 1. The van der Waals surface area contributed by atoms with Gasteiger partial charge in [0.15, 0.2) is 5.15 Å². The summed E-state index contributed by atoms with van der Waals surface area (Å²) in [5.74, 6) is -0.297. The van der Waals surface area contributed by atoms with E-state index < -0.39 is 0 Å². The Morgan fingerprint density at radius 1 is 1.92 bits per heavy atom. The zero-order valence-corrected chi connectivity index (χ0v) is 8.52. The molecule has 1 aromatic rings. The lowest BCUT2D eigenvalue weighted by Gasteiger charge is -2.08. The quantitative estimate of drug-likeness (QED) is 0.796. The molecular weight excluding hydrogens is 212 g/mol. The SMILES string of the molecule is CC(CO)NC(=O)c1scnc1Cl. The monoisotopic (exact) mass is 220 g/mol. The predicted octanol–water partition coefficient (Wildman–Crippen LogP) is 0.907. The first-order valence-corrected chi connectivity index (χ1v) is 4.91. The standard InChI is InChI=1S/C7H9ClN2O2S/c1-4(2-11)10-7(12)5-6(8)9-3-13-5/h3-4,11H,2H2,1H3,(H,10,12). The van der Waals surface area contributed by atoms with Gasteiger partial charge in [-0.2, -0.15) is 0 Å². The number of thiazole rings is 1. The molecule has 0 bridgehead atoms. The van der Waals surface area contributed by atoms with Crippen LogP contribution >= 0.6 is 22.9 Å². The van der Waals surface area contributed by atoms with Crippen LogP contribution in [0.1, 0.15) is 16.6 Å². The second kappa shape index (κ2) is 4.55. The van der Waals surface area contributed by atoms with Gasteiger partial charge in [0.1, 0.15) is 4.88 Å². The number of aromatic nitrogens is 1. The Morgan fingerprint density at radius 2 is 2.62 bits per heavy atom. The molecule has 4 nitrogen and oxygen atoms in total. The van der Waals surface area contributed by atoms with Gasteiger partial charge in [-0.25, -0.2) is 4.98 Å². The van der Waals surface area contributed by atoms with Gasteiger partial charge in [-0.3, -0.25) is 4.79 Å². The third kappa shape index (κ3) is 2.65. The van der Waals surface area contributed by atoms with Crippen molar-refractivity contribution in [2.24, 2.45) is 0 Å². The van der Waals surface area contributed by atoms with E-state index >= 15 is 0 Å². The highest BCUT2D eigenvalue weighted by molar-refractivity contribution is 7.12. The number of hydrogen-bond acceptors (Lipinski definition) is 4. The Kier molecular flexibility index (Phi) is 3.65. The summed E-state index contributed by atoms with van der Waals surface area (Å²) in [6.07, 6.45) is 0. The van der Waals surface area contributed by atoms with Crippen LogP contribution in [0.25, 0.3) is 0 Å². The summed E-state index contributed by atoms with van der Waals surface area (Å²) in [6.45, 7) is 1.61. The fourth-order valence-corrected chi connectivity index (χ4v) is 1.62. The van der Waals surface area contributed by atoms with E-state index in [0.717, 1.165) is 0 Å². The summed E-state index contributed by atoms with van der Waals surface area (Å²) in [6, 6.07) is -0.273. The minimum absolute atomic E-state index is 0.0951. The minimum atomic E-state index is -0.297.